The van der Waals surface area contributed by atoms with E-state index in [-0.39, 0.29) is 7.43 Å². The van der Waals surface area contributed by atoms with Crippen molar-refractivity contribution >= 4 is 0 Å². The van der Waals surface area contributed by atoms with Gasteiger partial charge < -0.3 is 10.5 Å². The molecule has 4 saturated carbocycles. The minimum atomic E-state index is 0. The van der Waals surface area contributed by atoms with Crippen LogP contribution in [0.25, 0.3) is 0 Å². The van der Waals surface area contributed by atoms with Crippen LogP contribution in [-0.2, 0) is 4.74 Å². The Bertz CT molecular complexity index is 660. The van der Waals surface area contributed by atoms with Crippen LogP contribution in [0.5, 0.6) is 0 Å². The number of fused-ring (bicyclic) bond motifs is 5. The van der Waals surface area contributed by atoms with E-state index in [9.17, 15) is 0 Å². The first-order valence-corrected chi connectivity index (χ1v) is 16.9. The highest BCUT2D eigenvalue weighted by Gasteiger charge is 2.60. The van der Waals surface area contributed by atoms with Gasteiger partial charge in [-0.3, -0.25) is 0 Å². The SMILES string of the molecule is C.CC(C)CCC[C@@H](C)C1CCC2C3CCC4CC(OCCCN)CCC4(C)C3CC[C@@]21C.CCC(C)C. The van der Waals surface area contributed by atoms with Crippen molar-refractivity contribution in [2.24, 2.45) is 63.9 Å². The molecule has 0 spiro atoms. The third-order valence-corrected chi connectivity index (χ3v) is 12.3. The normalized spacial score (nSPS) is 38.9. The fourth-order valence-electron chi connectivity index (χ4n) is 9.73. The zero-order valence-corrected chi connectivity index (χ0v) is 26.5. The van der Waals surface area contributed by atoms with Crippen LogP contribution in [0.1, 0.15) is 153 Å². The molecule has 2 heteroatoms. The quantitative estimate of drug-likeness (QED) is 0.283. The molecule has 0 saturated heterocycles. The second-order valence-corrected chi connectivity index (χ2v) is 15.4. The van der Waals surface area contributed by atoms with Gasteiger partial charge in [-0.2, -0.15) is 0 Å². The van der Waals surface area contributed by atoms with Gasteiger partial charge in [0.1, 0.15) is 0 Å². The summed E-state index contributed by atoms with van der Waals surface area (Å²) in [6.07, 6.45) is 20.2. The lowest BCUT2D eigenvalue weighted by Gasteiger charge is -2.61. The summed E-state index contributed by atoms with van der Waals surface area (Å²) in [4.78, 5) is 0. The first kappa shape index (κ1) is 34.1. The van der Waals surface area contributed by atoms with Crippen LogP contribution in [0.4, 0.5) is 0 Å². The minimum Gasteiger partial charge on any atom is -0.378 e. The molecule has 0 radical (unpaired) electrons. The predicted octanol–water partition coefficient (Wildman–Crippen LogP) is 10.5. The first-order chi connectivity index (χ1) is 17.6. The van der Waals surface area contributed by atoms with Crippen LogP contribution >= 0.6 is 0 Å². The molecule has 4 rings (SSSR count). The molecule has 0 aromatic carbocycles. The highest BCUT2D eigenvalue weighted by molar-refractivity contribution is 5.09. The summed E-state index contributed by atoms with van der Waals surface area (Å²) in [5, 5.41) is 0. The molecular weight excluding hydrogens is 462 g/mol. The number of hydrogen-bond acceptors (Lipinski definition) is 2. The van der Waals surface area contributed by atoms with Crippen molar-refractivity contribution in [1.82, 2.24) is 0 Å². The van der Waals surface area contributed by atoms with Gasteiger partial charge in [0.2, 0.25) is 0 Å². The van der Waals surface area contributed by atoms with Crippen LogP contribution in [0.15, 0.2) is 0 Å². The average Bonchev–Trinajstić information content (AvgIpc) is 3.21. The first-order valence-electron chi connectivity index (χ1n) is 16.9. The number of rotatable bonds is 10. The van der Waals surface area contributed by atoms with Gasteiger partial charge in [0.25, 0.3) is 0 Å². The van der Waals surface area contributed by atoms with E-state index in [1.165, 1.54) is 83.5 Å². The Hall–Kier alpha value is -0.0800. The molecule has 4 aliphatic carbocycles. The van der Waals surface area contributed by atoms with Gasteiger partial charge in [0.05, 0.1) is 6.10 Å². The Morgan fingerprint density at radius 2 is 1.45 bits per heavy atom. The molecule has 0 heterocycles. The molecule has 0 bridgehead atoms. The topological polar surface area (TPSA) is 35.2 Å². The summed E-state index contributed by atoms with van der Waals surface area (Å²) in [7, 11) is 0. The maximum absolute atomic E-state index is 6.25. The Morgan fingerprint density at radius 1 is 0.789 bits per heavy atom. The fraction of sp³-hybridized carbons (Fsp3) is 1.00. The van der Waals surface area contributed by atoms with Gasteiger partial charge >= 0.3 is 0 Å². The van der Waals surface area contributed by atoms with E-state index >= 15 is 0 Å². The third-order valence-electron chi connectivity index (χ3n) is 12.3. The molecule has 0 aromatic heterocycles. The second-order valence-electron chi connectivity index (χ2n) is 15.4. The Kier molecular flexibility index (Phi) is 13.7. The van der Waals surface area contributed by atoms with Crippen LogP contribution in [-0.4, -0.2) is 19.3 Å². The molecule has 0 aliphatic heterocycles. The van der Waals surface area contributed by atoms with Crippen molar-refractivity contribution in [1.29, 1.82) is 0 Å². The molecule has 226 valence electrons. The van der Waals surface area contributed by atoms with Gasteiger partial charge in [-0.25, -0.2) is 0 Å². The molecule has 38 heavy (non-hydrogen) atoms. The smallest absolute Gasteiger partial charge is 0.0578 e. The van der Waals surface area contributed by atoms with Crippen molar-refractivity contribution in [3.8, 4) is 0 Å². The fourth-order valence-corrected chi connectivity index (χ4v) is 9.73. The number of hydrogen-bond donors (Lipinski definition) is 1. The van der Waals surface area contributed by atoms with Crippen LogP contribution in [0.2, 0.25) is 0 Å². The minimum absolute atomic E-state index is 0. The summed E-state index contributed by atoms with van der Waals surface area (Å²) in [6.45, 7) is 21.1. The Labute approximate surface area is 240 Å². The summed E-state index contributed by atoms with van der Waals surface area (Å²) in [5.41, 5.74) is 6.89. The van der Waals surface area contributed by atoms with Gasteiger partial charge in [-0.15, -0.1) is 0 Å². The van der Waals surface area contributed by atoms with Gasteiger partial charge in [0.15, 0.2) is 0 Å². The van der Waals surface area contributed by atoms with Gasteiger partial charge in [-0.1, -0.05) is 88.5 Å². The third kappa shape index (κ3) is 7.80. The van der Waals surface area contributed by atoms with Crippen molar-refractivity contribution in [3.05, 3.63) is 0 Å². The zero-order valence-electron chi connectivity index (χ0n) is 26.5. The predicted molar refractivity (Wildman–Crippen MR) is 168 cm³/mol. The number of nitrogens with two attached hydrogens (primary N) is 1. The van der Waals surface area contributed by atoms with Crippen LogP contribution in [0.3, 0.4) is 0 Å². The summed E-state index contributed by atoms with van der Waals surface area (Å²) in [6, 6.07) is 0. The standard InChI is InChI=1S/C30H55NO.C5H12.CH4/c1-21(2)8-6-9-22(3)26-12-13-27-25-11-10-23-20-24(32-19-7-18-31)14-16-29(23,4)28(25)15-17-30(26,27)5;1-4-5(2)3;/h21-28H,6-20,31H2,1-5H3;5H,4H2,1-3H3;1H4/t22-,23?,24?,25?,26?,27?,28?,29?,30-;;/m1../s1. The highest BCUT2D eigenvalue weighted by atomic mass is 16.5. The lowest BCUT2D eigenvalue weighted by Crippen LogP contribution is -2.54. The van der Waals surface area contributed by atoms with Gasteiger partial charge in [-0.05, 0) is 129 Å². The molecule has 7 unspecified atom stereocenters. The molecule has 9 atom stereocenters. The van der Waals surface area contributed by atoms with Crippen molar-refractivity contribution in [3.63, 3.8) is 0 Å². The monoisotopic (exact) mass is 534 g/mol. The highest BCUT2D eigenvalue weighted by Crippen LogP contribution is 2.68. The van der Waals surface area contributed by atoms with E-state index in [0.717, 1.165) is 66.9 Å². The molecule has 4 fully saturated rings. The molecule has 2 nitrogen and oxygen atoms in total. The van der Waals surface area contributed by atoms with E-state index in [2.05, 4.69) is 55.4 Å². The zero-order chi connectivity index (χ0) is 27.2. The Balaban J connectivity index is 0.000000774. The maximum Gasteiger partial charge on any atom is 0.0578 e. The number of ether oxygens (including phenoxy) is 1. The van der Waals surface area contributed by atoms with Crippen LogP contribution < -0.4 is 5.73 Å². The molecular formula is C36H71NO. The van der Waals surface area contributed by atoms with E-state index in [1.54, 1.807) is 0 Å². The summed E-state index contributed by atoms with van der Waals surface area (Å²) >= 11 is 0. The molecule has 0 amide bonds. The van der Waals surface area contributed by atoms with Crippen molar-refractivity contribution in [2.45, 2.75) is 159 Å². The summed E-state index contributed by atoms with van der Waals surface area (Å²) < 4.78 is 6.25. The lowest BCUT2D eigenvalue weighted by molar-refractivity contribution is -0.136. The second kappa shape index (κ2) is 15.2. The van der Waals surface area contributed by atoms with Gasteiger partial charge in [0, 0.05) is 6.61 Å². The average molecular weight is 534 g/mol. The Morgan fingerprint density at radius 3 is 2.08 bits per heavy atom. The van der Waals surface area contributed by atoms with Crippen LogP contribution in [0, 0.1) is 58.2 Å². The van der Waals surface area contributed by atoms with E-state index in [4.69, 9.17) is 10.5 Å². The van der Waals surface area contributed by atoms with E-state index in [0.29, 0.717) is 16.9 Å². The molecule has 0 aromatic rings. The molecule has 4 aliphatic rings. The largest absolute Gasteiger partial charge is 0.378 e. The summed E-state index contributed by atoms with van der Waals surface area (Å²) in [5.74, 6) is 7.56. The maximum atomic E-state index is 6.25. The van der Waals surface area contributed by atoms with E-state index < -0.39 is 0 Å². The lowest BCUT2D eigenvalue weighted by atomic mass is 9.44. The van der Waals surface area contributed by atoms with Crippen molar-refractivity contribution < 1.29 is 4.74 Å². The molecule has 2 N–H and O–H groups in total. The van der Waals surface area contributed by atoms with E-state index in [1.807, 2.05) is 0 Å². The van der Waals surface area contributed by atoms with Crippen molar-refractivity contribution in [2.75, 3.05) is 13.2 Å².